The second-order valence-electron chi connectivity index (χ2n) is 6.63. The topological polar surface area (TPSA) is 37.4 Å². The summed E-state index contributed by atoms with van der Waals surface area (Å²) in [5.41, 5.74) is 2.47. The molecule has 0 bridgehead atoms. The molecule has 0 saturated heterocycles. The summed E-state index contributed by atoms with van der Waals surface area (Å²) in [5, 5.41) is 3.48. The number of pyridine rings is 1. The lowest BCUT2D eigenvalue weighted by atomic mass is 10.1. The van der Waals surface area contributed by atoms with E-state index in [4.69, 9.17) is 4.74 Å². The van der Waals surface area contributed by atoms with Gasteiger partial charge in [0.1, 0.15) is 0 Å². The summed E-state index contributed by atoms with van der Waals surface area (Å²) in [6, 6.07) is 4.70. The van der Waals surface area contributed by atoms with Gasteiger partial charge in [-0.3, -0.25) is 9.88 Å². The standard InChI is InChI=1S/C17H31N3O/c1-7-20(14(2)13-21-6)12-16-9-8-15(10-18-16)11-19-17(3,4)5/h8-10,14,19H,7,11-13H2,1-6H3. The average molecular weight is 293 g/mol. The molecule has 4 nitrogen and oxygen atoms in total. The summed E-state index contributed by atoms with van der Waals surface area (Å²) in [7, 11) is 1.75. The van der Waals surface area contributed by atoms with E-state index in [9.17, 15) is 0 Å². The van der Waals surface area contributed by atoms with Crippen molar-refractivity contribution >= 4 is 0 Å². The van der Waals surface area contributed by atoms with Crippen LogP contribution >= 0.6 is 0 Å². The lowest BCUT2D eigenvalue weighted by Gasteiger charge is -2.27. The number of nitrogens with zero attached hydrogens (tertiary/aromatic N) is 2. The van der Waals surface area contributed by atoms with E-state index in [0.717, 1.165) is 31.9 Å². The predicted octanol–water partition coefficient (Wildman–Crippen LogP) is 2.83. The molecule has 1 atom stereocenters. The lowest BCUT2D eigenvalue weighted by molar-refractivity contribution is 0.0974. The van der Waals surface area contributed by atoms with Crippen LogP contribution in [0.5, 0.6) is 0 Å². The second-order valence-corrected chi connectivity index (χ2v) is 6.63. The molecule has 0 aliphatic heterocycles. The number of hydrogen-bond donors (Lipinski definition) is 1. The summed E-state index contributed by atoms with van der Waals surface area (Å²) in [5.74, 6) is 0. The molecule has 0 amide bonds. The van der Waals surface area contributed by atoms with Gasteiger partial charge in [0.2, 0.25) is 0 Å². The van der Waals surface area contributed by atoms with Crippen LogP contribution in [-0.4, -0.2) is 41.7 Å². The zero-order chi connectivity index (χ0) is 15.9. The Balaban J connectivity index is 2.57. The first kappa shape index (κ1) is 18.1. The zero-order valence-electron chi connectivity index (χ0n) is 14.4. The van der Waals surface area contributed by atoms with Crippen LogP contribution in [0.3, 0.4) is 0 Å². The Kier molecular flexibility index (Phi) is 7.29. The lowest BCUT2D eigenvalue weighted by Crippen LogP contribution is -2.36. The normalized spacial score (nSPS) is 13.7. The van der Waals surface area contributed by atoms with Crippen molar-refractivity contribution in [2.75, 3.05) is 20.3 Å². The molecule has 4 heteroatoms. The van der Waals surface area contributed by atoms with Crippen molar-refractivity contribution in [1.29, 1.82) is 0 Å². The molecule has 21 heavy (non-hydrogen) atoms. The van der Waals surface area contributed by atoms with Gasteiger partial charge >= 0.3 is 0 Å². The van der Waals surface area contributed by atoms with E-state index in [2.05, 4.69) is 62.0 Å². The van der Waals surface area contributed by atoms with Crippen molar-refractivity contribution in [2.24, 2.45) is 0 Å². The van der Waals surface area contributed by atoms with Crippen LogP contribution in [0, 0.1) is 0 Å². The van der Waals surface area contributed by atoms with E-state index in [1.807, 2.05) is 6.20 Å². The number of rotatable bonds is 8. The van der Waals surface area contributed by atoms with Gasteiger partial charge in [-0.1, -0.05) is 13.0 Å². The van der Waals surface area contributed by atoms with Crippen LogP contribution in [0.1, 0.15) is 45.9 Å². The third kappa shape index (κ3) is 7.02. The SMILES string of the molecule is CCN(Cc1ccc(CNC(C)(C)C)cn1)C(C)COC. The fraction of sp³-hybridized carbons (Fsp3) is 0.706. The number of likely N-dealkylation sites (N-methyl/N-ethyl adjacent to an activating group) is 1. The molecule has 0 saturated carbocycles. The smallest absolute Gasteiger partial charge is 0.0615 e. The molecular formula is C17H31N3O. The Morgan fingerprint density at radius 3 is 2.52 bits per heavy atom. The van der Waals surface area contributed by atoms with Gasteiger partial charge in [0.25, 0.3) is 0 Å². The Hall–Kier alpha value is -0.970. The number of nitrogens with one attached hydrogen (secondary N) is 1. The molecule has 0 spiro atoms. The first-order valence-corrected chi connectivity index (χ1v) is 7.77. The van der Waals surface area contributed by atoms with Gasteiger partial charge in [-0.2, -0.15) is 0 Å². The number of methoxy groups -OCH3 is 1. The van der Waals surface area contributed by atoms with E-state index in [0.29, 0.717) is 6.04 Å². The van der Waals surface area contributed by atoms with Crippen molar-refractivity contribution in [2.45, 2.75) is 59.3 Å². The number of ether oxygens (including phenoxy) is 1. The Bertz CT molecular complexity index is 397. The quantitative estimate of drug-likeness (QED) is 0.800. The van der Waals surface area contributed by atoms with Gasteiger partial charge in [-0.25, -0.2) is 0 Å². The average Bonchev–Trinajstić information content (AvgIpc) is 2.43. The van der Waals surface area contributed by atoms with Crippen LogP contribution in [-0.2, 0) is 17.8 Å². The molecule has 0 fully saturated rings. The Labute approximate surface area is 129 Å². The maximum atomic E-state index is 5.24. The highest BCUT2D eigenvalue weighted by atomic mass is 16.5. The van der Waals surface area contributed by atoms with Crippen molar-refractivity contribution in [3.05, 3.63) is 29.6 Å². The molecule has 1 aromatic rings. The molecular weight excluding hydrogens is 262 g/mol. The number of hydrogen-bond acceptors (Lipinski definition) is 4. The maximum absolute atomic E-state index is 5.24. The first-order chi connectivity index (χ1) is 9.85. The molecule has 0 radical (unpaired) electrons. The van der Waals surface area contributed by atoms with Crippen LogP contribution in [0.4, 0.5) is 0 Å². The van der Waals surface area contributed by atoms with E-state index in [1.165, 1.54) is 5.56 Å². The van der Waals surface area contributed by atoms with Gasteiger partial charge in [0.05, 0.1) is 12.3 Å². The van der Waals surface area contributed by atoms with Gasteiger partial charge in [0.15, 0.2) is 0 Å². The predicted molar refractivity (Wildman–Crippen MR) is 88.3 cm³/mol. The minimum absolute atomic E-state index is 0.132. The maximum Gasteiger partial charge on any atom is 0.0615 e. The highest BCUT2D eigenvalue weighted by Gasteiger charge is 2.13. The molecule has 1 unspecified atom stereocenters. The van der Waals surface area contributed by atoms with Crippen molar-refractivity contribution < 1.29 is 4.74 Å². The molecule has 1 heterocycles. The van der Waals surface area contributed by atoms with E-state index < -0.39 is 0 Å². The van der Waals surface area contributed by atoms with Crippen molar-refractivity contribution in [3.8, 4) is 0 Å². The molecule has 1 rings (SSSR count). The highest BCUT2D eigenvalue weighted by Crippen LogP contribution is 2.09. The van der Waals surface area contributed by atoms with E-state index >= 15 is 0 Å². The summed E-state index contributed by atoms with van der Waals surface area (Å²) in [6.45, 7) is 14.4. The van der Waals surface area contributed by atoms with Gasteiger partial charge in [-0.05, 0) is 45.9 Å². The Morgan fingerprint density at radius 2 is 2.05 bits per heavy atom. The minimum atomic E-state index is 0.132. The second kappa shape index (κ2) is 8.47. The third-order valence-corrected chi connectivity index (χ3v) is 3.51. The molecule has 1 aromatic heterocycles. The van der Waals surface area contributed by atoms with Crippen LogP contribution in [0.15, 0.2) is 18.3 Å². The summed E-state index contributed by atoms with van der Waals surface area (Å²) < 4.78 is 5.24. The summed E-state index contributed by atoms with van der Waals surface area (Å²) >= 11 is 0. The zero-order valence-corrected chi connectivity index (χ0v) is 14.4. The van der Waals surface area contributed by atoms with Crippen molar-refractivity contribution in [3.63, 3.8) is 0 Å². The summed E-state index contributed by atoms with van der Waals surface area (Å²) in [4.78, 5) is 6.96. The van der Waals surface area contributed by atoms with Crippen molar-refractivity contribution in [1.82, 2.24) is 15.2 Å². The van der Waals surface area contributed by atoms with Gasteiger partial charge in [0, 0.05) is 38.0 Å². The molecule has 1 N–H and O–H groups in total. The van der Waals surface area contributed by atoms with E-state index in [-0.39, 0.29) is 5.54 Å². The Morgan fingerprint density at radius 1 is 1.33 bits per heavy atom. The van der Waals surface area contributed by atoms with Gasteiger partial charge < -0.3 is 10.1 Å². The molecule has 0 aromatic carbocycles. The fourth-order valence-electron chi connectivity index (χ4n) is 2.15. The largest absolute Gasteiger partial charge is 0.383 e. The number of aromatic nitrogens is 1. The minimum Gasteiger partial charge on any atom is -0.383 e. The summed E-state index contributed by atoms with van der Waals surface area (Å²) in [6.07, 6.45) is 1.98. The first-order valence-electron chi connectivity index (χ1n) is 7.77. The van der Waals surface area contributed by atoms with Crippen LogP contribution < -0.4 is 5.32 Å². The molecule has 0 aliphatic rings. The van der Waals surface area contributed by atoms with Gasteiger partial charge in [-0.15, -0.1) is 0 Å². The monoisotopic (exact) mass is 293 g/mol. The van der Waals surface area contributed by atoms with Crippen LogP contribution in [0.25, 0.3) is 0 Å². The third-order valence-electron chi connectivity index (χ3n) is 3.51. The fourth-order valence-corrected chi connectivity index (χ4v) is 2.15. The highest BCUT2D eigenvalue weighted by molar-refractivity contribution is 5.14. The molecule has 0 aliphatic carbocycles. The molecule has 120 valence electrons. The van der Waals surface area contributed by atoms with Crippen LogP contribution in [0.2, 0.25) is 0 Å². The van der Waals surface area contributed by atoms with E-state index in [1.54, 1.807) is 7.11 Å².